The minimum absolute atomic E-state index is 0. The van der Waals surface area contributed by atoms with Crippen LogP contribution in [0.4, 0.5) is 0 Å². The molecule has 1 fully saturated rings. The molecular formula is C21H37IN4O2. The molecule has 2 N–H and O–H groups in total. The maximum Gasteiger partial charge on any atom is 0.191 e. The van der Waals surface area contributed by atoms with Crippen LogP contribution < -0.4 is 15.4 Å². The number of hydrogen-bond donors (Lipinski definition) is 2. The number of morpholine rings is 1. The maximum atomic E-state index is 5.77. The molecule has 1 aromatic rings. The lowest BCUT2D eigenvalue weighted by Crippen LogP contribution is -2.56. The first-order chi connectivity index (χ1) is 12.9. The van der Waals surface area contributed by atoms with Gasteiger partial charge in [0, 0.05) is 31.7 Å². The topological polar surface area (TPSA) is 58.1 Å². The second kappa shape index (κ2) is 12.5. The predicted molar refractivity (Wildman–Crippen MR) is 127 cm³/mol. The van der Waals surface area contributed by atoms with Crippen molar-refractivity contribution in [3.8, 4) is 5.75 Å². The van der Waals surface area contributed by atoms with Crippen molar-refractivity contribution in [2.45, 2.75) is 52.8 Å². The molecule has 0 spiro atoms. The highest BCUT2D eigenvalue weighted by Gasteiger charge is 2.28. The van der Waals surface area contributed by atoms with Crippen LogP contribution in [0, 0.1) is 0 Å². The lowest BCUT2D eigenvalue weighted by molar-refractivity contribution is -0.00834. The standard InChI is InChI=1S/C21H36N4O2.HI/c1-6-22-20(24-16-21(4,5)25-10-12-26-13-11-25)23-15-18-8-7-9-19(14-18)27-17(2)3;/h7-9,14,17H,6,10-13,15-16H2,1-5H3,(H2,22,23,24);1H. The molecular weight excluding hydrogens is 467 g/mol. The molecule has 1 aliphatic heterocycles. The number of guanidine groups is 1. The summed E-state index contributed by atoms with van der Waals surface area (Å²) in [6.07, 6.45) is 0.171. The summed E-state index contributed by atoms with van der Waals surface area (Å²) >= 11 is 0. The van der Waals surface area contributed by atoms with Crippen molar-refractivity contribution in [3.05, 3.63) is 29.8 Å². The van der Waals surface area contributed by atoms with Crippen LogP contribution in [0.1, 0.15) is 40.2 Å². The summed E-state index contributed by atoms with van der Waals surface area (Å²) in [5.74, 6) is 1.73. The highest BCUT2D eigenvalue weighted by molar-refractivity contribution is 14.0. The first kappa shape index (κ1) is 25.0. The van der Waals surface area contributed by atoms with Crippen molar-refractivity contribution in [1.29, 1.82) is 0 Å². The largest absolute Gasteiger partial charge is 0.491 e. The van der Waals surface area contributed by atoms with Gasteiger partial charge in [-0.15, -0.1) is 24.0 Å². The van der Waals surface area contributed by atoms with Crippen LogP contribution in [-0.4, -0.2) is 61.9 Å². The van der Waals surface area contributed by atoms with Crippen LogP contribution >= 0.6 is 24.0 Å². The number of nitrogens with one attached hydrogen (secondary N) is 2. The second-order valence-corrected chi connectivity index (χ2v) is 7.77. The third kappa shape index (κ3) is 8.53. The van der Waals surface area contributed by atoms with E-state index in [1.165, 1.54) is 0 Å². The first-order valence-electron chi connectivity index (χ1n) is 10.0. The van der Waals surface area contributed by atoms with Gasteiger partial charge in [-0.1, -0.05) is 12.1 Å². The van der Waals surface area contributed by atoms with Gasteiger partial charge in [0.15, 0.2) is 5.96 Å². The monoisotopic (exact) mass is 504 g/mol. The Labute approximate surface area is 187 Å². The fourth-order valence-electron chi connectivity index (χ4n) is 3.08. The summed E-state index contributed by atoms with van der Waals surface area (Å²) in [4.78, 5) is 7.22. The Morgan fingerprint density at radius 3 is 2.61 bits per heavy atom. The third-order valence-corrected chi connectivity index (χ3v) is 4.59. The number of benzene rings is 1. The van der Waals surface area contributed by atoms with E-state index in [-0.39, 0.29) is 35.6 Å². The van der Waals surface area contributed by atoms with Crippen molar-refractivity contribution in [2.24, 2.45) is 4.99 Å². The van der Waals surface area contributed by atoms with Gasteiger partial charge in [-0.05, 0) is 52.3 Å². The molecule has 0 amide bonds. The van der Waals surface area contributed by atoms with E-state index in [1.54, 1.807) is 0 Å². The van der Waals surface area contributed by atoms with E-state index in [2.05, 4.69) is 48.4 Å². The van der Waals surface area contributed by atoms with Crippen molar-refractivity contribution in [3.63, 3.8) is 0 Å². The zero-order valence-electron chi connectivity index (χ0n) is 18.0. The highest BCUT2D eigenvalue weighted by atomic mass is 127. The molecule has 1 saturated heterocycles. The summed E-state index contributed by atoms with van der Waals surface area (Å²) in [6.45, 7) is 16.5. The number of aliphatic imine (C=N–C) groups is 1. The van der Waals surface area contributed by atoms with Crippen LogP contribution in [0.5, 0.6) is 5.75 Å². The van der Waals surface area contributed by atoms with E-state index in [4.69, 9.17) is 14.5 Å². The van der Waals surface area contributed by atoms with Crippen molar-refractivity contribution in [2.75, 3.05) is 39.4 Å². The van der Waals surface area contributed by atoms with Crippen LogP contribution in [0.2, 0.25) is 0 Å². The van der Waals surface area contributed by atoms with E-state index >= 15 is 0 Å². The van der Waals surface area contributed by atoms with Gasteiger partial charge in [0.25, 0.3) is 0 Å². The molecule has 28 heavy (non-hydrogen) atoms. The number of ether oxygens (including phenoxy) is 2. The van der Waals surface area contributed by atoms with Crippen molar-refractivity contribution < 1.29 is 9.47 Å². The SMILES string of the molecule is CCNC(=NCc1cccc(OC(C)C)c1)NCC(C)(C)N1CCOCC1.I. The maximum absolute atomic E-state index is 5.77. The average molecular weight is 504 g/mol. The van der Waals surface area contributed by atoms with E-state index in [1.807, 2.05) is 26.0 Å². The smallest absolute Gasteiger partial charge is 0.191 e. The Balaban J connectivity index is 0.00000392. The Bertz CT molecular complexity index is 602. The highest BCUT2D eigenvalue weighted by Crippen LogP contribution is 2.16. The van der Waals surface area contributed by atoms with Gasteiger partial charge in [-0.25, -0.2) is 4.99 Å². The van der Waals surface area contributed by atoms with Gasteiger partial charge >= 0.3 is 0 Å². The zero-order chi connectivity index (χ0) is 19.7. The molecule has 7 heteroatoms. The van der Waals surface area contributed by atoms with Crippen LogP contribution in [0.15, 0.2) is 29.3 Å². The van der Waals surface area contributed by atoms with E-state index < -0.39 is 0 Å². The third-order valence-electron chi connectivity index (χ3n) is 4.59. The molecule has 0 saturated carbocycles. The number of halogens is 1. The Morgan fingerprint density at radius 2 is 1.96 bits per heavy atom. The van der Waals surface area contributed by atoms with Gasteiger partial charge in [0.2, 0.25) is 0 Å². The lowest BCUT2D eigenvalue weighted by Gasteiger charge is -2.41. The summed E-state index contributed by atoms with van der Waals surface area (Å²) in [5.41, 5.74) is 1.18. The fraction of sp³-hybridized carbons (Fsp3) is 0.667. The average Bonchev–Trinajstić information content (AvgIpc) is 2.64. The summed E-state index contributed by atoms with van der Waals surface area (Å²) in [7, 11) is 0. The van der Waals surface area contributed by atoms with Gasteiger partial charge in [0.1, 0.15) is 5.75 Å². The van der Waals surface area contributed by atoms with Gasteiger partial charge in [-0.3, -0.25) is 4.90 Å². The van der Waals surface area contributed by atoms with Crippen molar-refractivity contribution in [1.82, 2.24) is 15.5 Å². The Kier molecular flexibility index (Phi) is 11.1. The second-order valence-electron chi connectivity index (χ2n) is 7.77. The quantitative estimate of drug-likeness (QED) is 0.324. The lowest BCUT2D eigenvalue weighted by atomic mass is 10.0. The molecule has 0 bridgehead atoms. The first-order valence-corrected chi connectivity index (χ1v) is 10.0. The van der Waals surface area contributed by atoms with Crippen LogP contribution in [-0.2, 0) is 11.3 Å². The molecule has 6 nitrogen and oxygen atoms in total. The molecule has 0 aromatic heterocycles. The number of hydrogen-bond acceptors (Lipinski definition) is 4. The Morgan fingerprint density at radius 1 is 1.25 bits per heavy atom. The summed E-state index contributed by atoms with van der Waals surface area (Å²) in [5, 5.41) is 6.84. The number of nitrogens with zero attached hydrogens (tertiary/aromatic N) is 2. The summed E-state index contributed by atoms with van der Waals surface area (Å²) < 4.78 is 11.2. The van der Waals surface area contributed by atoms with E-state index in [0.29, 0.717) is 6.54 Å². The molecule has 1 aromatic carbocycles. The van der Waals surface area contributed by atoms with Gasteiger partial charge in [0.05, 0.1) is 25.9 Å². The van der Waals surface area contributed by atoms with Crippen LogP contribution in [0.3, 0.4) is 0 Å². The number of rotatable bonds is 8. The molecule has 1 heterocycles. The molecule has 160 valence electrons. The van der Waals surface area contributed by atoms with Crippen LogP contribution in [0.25, 0.3) is 0 Å². The minimum atomic E-state index is 0. The molecule has 0 atom stereocenters. The van der Waals surface area contributed by atoms with E-state index in [0.717, 1.165) is 56.7 Å². The molecule has 0 radical (unpaired) electrons. The molecule has 0 aliphatic carbocycles. The zero-order valence-corrected chi connectivity index (χ0v) is 20.3. The minimum Gasteiger partial charge on any atom is -0.491 e. The summed E-state index contributed by atoms with van der Waals surface area (Å²) in [6, 6.07) is 8.15. The van der Waals surface area contributed by atoms with Crippen molar-refractivity contribution >= 4 is 29.9 Å². The molecule has 1 aliphatic rings. The van der Waals surface area contributed by atoms with Gasteiger partial charge in [-0.2, -0.15) is 0 Å². The van der Waals surface area contributed by atoms with Gasteiger partial charge < -0.3 is 20.1 Å². The Hall–Kier alpha value is -1.06. The van der Waals surface area contributed by atoms with E-state index in [9.17, 15) is 0 Å². The fourth-order valence-corrected chi connectivity index (χ4v) is 3.08. The molecule has 2 rings (SSSR count). The predicted octanol–water partition coefficient (Wildman–Crippen LogP) is 3.26. The molecule has 0 unspecified atom stereocenters. The normalized spacial score (nSPS) is 15.9.